The quantitative estimate of drug-likeness (QED) is 0.603. The first-order chi connectivity index (χ1) is 9.89. The fourth-order valence-electron chi connectivity index (χ4n) is 2.60. The van der Waals surface area contributed by atoms with Gasteiger partial charge in [-0.15, -0.1) is 0 Å². The van der Waals surface area contributed by atoms with Crippen LogP contribution in [-0.2, 0) is 9.59 Å². The van der Waals surface area contributed by atoms with E-state index in [1.807, 2.05) is 27.7 Å². The molecular weight excluding hydrogens is 286 g/mol. The number of hydrogen-bond acceptors (Lipinski definition) is 3. The minimum absolute atomic E-state index is 0.0565. The van der Waals surface area contributed by atoms with Gasteiger partial charge in [0, 0.05) is 13.1 Å². The van der Waals surface area contributed by atoms with Crippen LogP contribution in [0.5, 0.6) is 0 Å². The van der Waals surface area contributed by atoms with Crippen molar-refractivity contribution < 1.29 is 9.59 Å². The third-order valence-corrected chi connectivity index (χ3v) is 4.00. The molecule has 6 heteroatoms. The van der Waals surface area contributed by atoms with Gasteiger partial charge in [0.05, 0.1) is 16.9 Å². The molecule has 0 saturated carbocycles. The van der Waals surface area contributed by atoms with Crippen molar-refractivity contribution in [3.63, 3.8) is 0 Å². The van der Waals surface area contributed by atoms with Crippen molar-refractivity contribution in [3.05, 3.63) is 0 Å². The molecule has 0 saturated heterocycles. The lowest BCUT2D eigenvalue weighted by atomic mass is 9.77. The molecule has 0 aromatic carbocycles. The van der Waals surface area contributed by atoms with Crippen molar-refractivity contribution in [2.75, 3.05) is 19.6 Å². The van der Waals surface area contributed by atoms with Crippen LogP contribution in [0.15, 0.2) is 0 Å². The summed E-state index contributed by atoms with van der Waals surface area (Å²) < 4.78 is 0. The highest BCUT2D eigenvalue weighted by Crippen LogP contribution is 2.33. The second kappa shape index (κ2) is 9.71. The lowest BCUT2D eigenvalue weighted by Gasteiger charge is -2.36. The van der Waals surface area contributed by atoms with Crippen LogP contribution in [0.3, 0.4) is 0 Å². The molecule has 0 aliphatic carbocycles. The predicted octanol–water partition coefficient (Wildman–Crippen LogP) is 1.84. The summed E-state index contributed by atoms with van der Waals surface area (Å²) in [5, 5.41) is 2.71. The Bertz CT molecular complexity index is 366. The van der Waals surface area contributed by atoms with E-state index < -0.39 is 5.41 Å². The minimum Gasteiger partial charge on any atom is -0.392 e. The van der Waals surface area contributed by atoms with Crippen LogP contribution in [0.2, 0.25) is 0 Å². The van der Waals surface area contributed by atoms with Gasteiger partial charge in [0.2, 0.25) is 11.8 Å². The lowest BCUT2D eigenvalue weighted by Crippen LogP contribution is -2.52. The second-order valence-electron chi connectivity index (χ2n) is 5.22. The highest BCUT2D eigenvalue weighted by atomic mass is 32.1. The van der Waals surface area contributed by atoms with Crippen LogP contribution in [0.1, 0.15) is 53.4 Å². The molecule has 0 aliphatic rings. The molecule has 0 aliphatic heterocycles. The van der Waals surface area contributed by atoms with E-state index in [1.54, 1.807) is 4.90 Å². The third kappa shape index (κ3) is 5.26. The SMILES string of the molecule is CCCC(CCC)(C(=O)N(CC)CC(=O)NCC)C(N)=S. The standard InChI is InChI=1S/C15H29N3O2S/c1-5-9-15(10-6-2,13(16)21)14(20)18(8-4)11-12(19)17-7-3/h5-11H2,1-4H3,(H2,16,21)(H,17,19). The topological polar surface area (TPSA) is 75.4 Å². The number of thiocarbonyl (C=S) groups is 1. The first-order valence-electron chi connectivity index (χ1n) is 7.75. The second-order valence-corrected chi connectivity index (χ2v) is 5.66. The molecule has 122 valence electrons. The Kier molecular flexibility index (Phi) is 9.17. The van der Waals surface area contributed by atoms with Crippen molar-refractivity contribution in [1.82, 2.24) is 10.2 Å². The summed E-state index contributed by atoms with van der Waals surface area (Å²) in [6, 6.07) is 0. The van der Waals surface area contributed by atoms with Crippen LogP contribution >= 0.6 is 12.2 Å². The number of rotatable bonds is 10. The fourth-order valence-corrected chi connectivity index (χ4v) is 2.89. The smallest absolute Gasteiger partial charge is 0.239 e. The summed E-state index contributed by atoms with van der Waals surface area (Å²) in [6.07, 6.45) is 2.89. The maximum absolute atomic E-state index is 12.9. The number of nitrogens with zero attached hydrogens (tertiary/aromatic N) is 1. The van der Waals surface area contributed by atoms with Gasteiger partial charge in [0.15, 0.2) is 0 Å². The van der Waals surface area contributed by atoms with E-state index in [2.05, 4.69) is 5.32 Å². The molecule has 2 amide bonds. The van der Waals surface area contributed by atoms with Crippen molar-refractivity contribution in [2.45, 2.75) is 53.4 Å². The molecule has 0 heterocycles. The molecule has 5 nitrogen and oxygen atoms in total. The molecule has 0 radical (unpaired) electrons. The monoisotopic (exact) mass is 315 g/mol. The number of nitrogens with one attached hydrogen (secondary N) is 1. The number of hydrogen-bond donors (Lipinski definition) is 2. The average Bonchev–Trinajstić information content (AvgIpc) is 2.43. The molecule has 0 atom stereocenters. The molecule has 0 spiro atoms. The van der Waals surface area contributed by atoms with E-state index in [4.69, 9.17) is 18.0 Å². The largest absolute Gasteiger partial charge is 0.392 e. The van der Waals surface area contributed by atoms with Crippen LogP contribution in [0, 0.1) is 5.41 Å². The van der Waals surface area contributed by atoms with Crippen molar-refractivity contribution in [3.8, 4) is 0 Å². The van der Waals surface area contributed by atoms with E-state index in [1.165, 1.54) is 0 Å². The summed E-state index contributed by atoms with van der Waals surface area (Å²) in [5.74, 6) is -0.273. The first-order valence-corrected chi connectivity index (χ1v) is 8.16. The average molecular weight is 315 g/mol. The van der Waals surface area contributed by atoms with Crippen LogP contribution in [0.25, 0.3) is 0 Å². The van der Waals surface area contributed by atoms with Gasteiger partial charge in [-0.05, 0) is 26.7 Å². The zero-order chi connectivity index (χ0) is 16.5. The van der Waals surface area contributed by atoms with Gasteiger partial charge in [0.25, 0.3) is 0 Å². The normalized spacial score (nSPS) is 11.0. The van der Waals surface area contributed by atoms with Crippen molar-refractivity contribution in [1.29, 1.82) is 0 Å². The van der Waals surface area contributed by atoms with Gasteiger partial charge in [-0.2, -0.15) is 0 Å². The maximum atomic E-state index is 12.9. The molecule has 0 unspecified atom stereocenters. The molecule has 0 aromatic rings. The summed E-state index contributed by atoms with van der Waals surface area (Å²) in [5.41, 5.74) is 5.09. The molecular formula is C15H29N3O2S. The fraction of sp³-hybridized carbons (Fsp3) is 0.800. The summed E-state index contributed by atoms with van der Waals surface area (Å²) >= 11 is 5.20. The number of nitrogens with two attached hydrogens (primary N) is 1. The Morgan fingerprint density at radius 2 is 1.67 bits per heavy atom. The zero-order valence-electron chi connectivity index (χ0n) is 13.7. The van der Waals surface area contributed by atoms with Crippen molar-refractivity contribution >= 4 is 29.0 Å². The van der Waals surface area contributed by atoms with E-state index in [-0.39, 0.29) is 23.3 Å². The van der Waals surface area contributed by atoms with Gasteiger partial charge >= 0.3 is 0 Å². The molecule has 0 aromatic heterocycles. The van der Waals surface area contributed by atoms with Gasteiger partial charge in [0.1, 0.15) is 0 Å². The van der Waals surface area contributed by atoms with Crippen LogP contribution in [0.4, 0.5) is 0 Å². The maximum Gasteiger partial charge on any atom is 0.239 e. The minimum atomic E-state index is -0.818. The number of carbonyl (C=O) groups excluding carboxylic acids is 2. The molecule has 21 heavy (non-hydrogen) atoms. The summed E-state index contributed by atoms with van der Waals surface area (Å²) in [4.78, 5) is 26.5. The van der Waals surface area contributed by atoms with Crippen molar-refractivity contribution in [2.24, 2.45) is 11.1 Å². The van der Waals surface area contributed by atoms with E-state index >= 15 is 0 Å². The number of amides is 2. The van der Waals surface area contributed by atoms with Crippen LogP contribution < -0.4 is 11.1 Å². The first kappa shape index (κ1) is 19.8. The molecule has 0 bridgehead atoms. The predicted molar refractivity (Wildman–Crippen MR) is 90.0 cm³/mol. The third-order valence-electron chi connectivity index (χ3n) is 3.61. The van der Waals surface area contributed by atoms with Gasteiger partial charge in [-0.25, -0.2) is 0 Å². The number of likely N-dealkylation sites (N-methyl/N-ethyl adjacent to an activating group) is 2. The molecule has 0 rings (SSSR count). The highest BCUT2D eigenvalue weighted by molar-refractivity contribution is 7.80. The van der Waals surface area contributed by atoms with E-state index in [0.29, 0.717) is 25.9 Å². The number of carbonyl (C=O) groups is 2. The Morgan fingerprint density at radius 1 is 1.14 bits per heavy atom. The Hall–Kier alpha value is -1.17. The Labute approximate surface area is 133 Å². The molecule has 0 fully saturated rings. The van der Waals surface area contributed by atoms with Gasteiger partial charge in [-0.1, -0.05) is 38.9 Å². The van der Waals surface area contributed by atoms with Crippen LogP contribution in [-0.4, -0.2) is 41.3 Å². The Morgan fingerprint density at radius 3 is 2.00 bits per heavy atom. The van der Waals surface area contributed by atoms with Gasteiger partial charge in [-0.3, -0.25) is 9.59 Å². The molecule has 3 N–H and O–H groups in total. The van der Waals surface area contributed by atoms with E-state index in [0.717, 1.165) is 12.8 Å². The highest BCUT2D eigenvalue weighted by Gasteiger charge is 2.42. The van der Waals surface area contributed by atoms with Gasteiger partial charge < -0.3 is 16.0 Å². The lowest BCUT2D eigenvalue weighted by molar-refractivity contribution is -0.142. The summed E-state index contributed by atoms with van der Waals surface area (Å²) in [7, 11) is 0. The van der Waals surface area contributed by atoms with E-state index in [9.17, 15) is 9.59 Å². The zero-order valence-corrected chi connectivity index (χ0v) is 14.5. The summed E-state index contributed by atoms with van der Waals surface area (Å²) in [6.45, 7) is 8.80. The Balaban J connectivity index is 5.30.